The number of nitrogens with one attached hydrogen (secondary N) is 1. The Bertz CT molecular complexity index is 963. The molecule has 152 valence electrons. The van der Waals surface area contributed by atoms with Gasteiger partial charge in [0, 0.05) is 31.1 Å². The van der Waals surface area contributed by atoms with Gasteiger partial charge in [-0.25, -0.2) is 0 Å². The summed E-state index contributed by atoms with van der Waals surface area (Å²) in [6.07, 6.45) is 3.88. The lowest BCUT2D eigenvalue weighted by Crippen LogP contribution is -2.43. The predicted molar refractivity (Wildman–Crippen MR) is 105 cm³/mol. The van der Waals surface area contributed by atoms with E-state index in [4.69, 9.17) is 14.4 Å². The zero-order valence-corrected chi connectivity index (χ0v) is 16.4. The second kappa shape index (κ2) is 8.13. The van der Waals surface area contributed by atoms with E-state index in [2.05, 4.69) is 11.4 Å². The molecule has 3 heterocycles. The number of nitrogens with zero attached hydrogens (tertiary/aromatic N) is 3. The minimum Gasteiger partial charge on any atom is -0.497 e. The molecule has 2 aliphatic heterocycles. The Hall–Kier alpha value is -3.05. The van der Waals surface area contributed by atoms with Crippen molar-refractivity contribution in [3.63, 3.8) is 0 Å². The number of hydrogen-bond acceptors (Lipinski definition) is 6. The highest BCUT2D eigenvalue weighted by atomic mass is 16.5. The van der Waals surface area contributed by atoms with Crippen LogP contribution in [0.2, 0.25) is 0 Å². The molecule has 1 aromatic heterocycles. The highest BCUT2D eigenvalue weighted by molar-refractivity contribution is 6.06. The number of furan rings is 1. The van der Waals surface area contributed by atoms with Crippen LogP contribution in [0.25, 0.3) is 11.0 Å². The summed E-state index contributed by atoms with van der Waals surface area (Å²) in [4.78, 5) is 29.0. The van der Waals surface area contributed by atoms with Crippen molar-refractivity contribution >= 4 is 22.8 Å². The number of rotatable bonds is 5. The zero-order chi connectivity index (χ0) is 20.4. The summed E-state index contributed by atoms with van der Waals surface area (Å²) in [6, 6.07) is 7.23. The van der Waals surface area contributed by atoms with Gasteiger partial charge in [-0.1, -0.05) is 0 Å². The Morgan fingerprint density at radius 3 is 3.00 bits per heavy atom. The van der Waals surface area contributed by atoms with Crippen molar-refractivity contribution < 1.29 is 18.7 Å². The maximum absolute atomic E-state index is 12.8. The number of carbonyl (C=O) groups excluding carboxylic acids is 2. The average molecular weight is 396 g/mol. The maximum atomic E-state index is 12.8. The molecule has 2 saturated heterocycles. The van der Waals surface area contributed by atoms with Gasteiger partial charge in [0.1, 0.15) is 23.6 Å². The molecule has 0 bridgehead atoms. The first-order chi connectivity index (χ1) is 14.1. The van der Waals surface area contributed by atoms with Crippen LogP contribution >= 0.6 is 0 Å². The number of nitriles is 1. The molecule has 0 saturated carbocycles. The molecule has 8 heteroatoms. The molecular formula is C21H24N4O4. The van der Waals surface area contributed by atoms with Gasteiger partial charge in [-0.3, -0.25) is 14.5 Å². The summed E-state index contributed by atoms with van der Waals surface area (Å²) >= 11 is 0. The molecule has 0 aliphatic carbocycles. The first kappa shape index (κ1) is 19.3. The zero-order valence-electron chi connectivity index (χ0n) is 16.4. The van der Waals surface area contributed by atoms with Gasteiger partial charge < -0.3 is 19.4 Å². The SMILES string of the molecule is COc1ccc2occ(C(=O)N[C@H]3CCN(CC(=O)N4CCCC4C#N)C3)c2c1. The number of fused-ring (bicyclic) bond motifs is 1. The van der Waals surface area contributed by atoms with Crippen molar-refractivity contribution in [2.24, 2.45) is 0 Å². The van der Waals surface area contributed by atoms with Crippen molar-refractivity contribution in [1.29, 1.82) is 5.26 Å². The Morgan fingerprint density at radius 2 is 2.21 bits per heavy atom. The van der Waals surface area contributed by atoms with Crippen LogP contribution in [0, 0.1) is 11.3 Å². The van der Waals surface area contributed by atoms with Crippen LogP contribution < -0.4 is 10.1 Å². The van der Waals surface area contributed by atoms with Crippen LogP contribution in [0.4, 0.5) is 0 Å². The molecule has 1 aromatic carbocycles. The molecule has 2 fully saturated rings. The van der Waals surface area contributed by atoms with Gasteiger partial charge in [-0.2, -0.15) is 5.26 Å². The topological polar surface area (TPSA) is 98.8 Å². The van der Waals surface area contributed by atoms with Crippen molar-refractivity contribution in [3.8, 4) is 11.8 Å². The van der Waals surface area contributed by atoms with E-state index in [-0.39, 0.29) is 30.4 Å². The van der Waals surface area contributed by atoms with E-state index >= 15 is 0 Å². The Labute approximate surface area is 169 Å². The lowest BCUT2D eigenvalue weighted by molar-refractivity contribution is -0.132. The summed E-state index contributed by atoms with van der Waals surface area (Å²) in [6.45, 7) is 2.29. The van der Waals surface area contributed by atoms with Gasteiger partial charge in [0.05, 0.1) is 25.3 Å². The summed E-state index contributed by atoms with van der Waals surface area (Å²) in [5.41, 5.74) is 1.11. The summed E-state index contributed by atoms with van der Waals surface area (Å²) < 4.78 is 10.7. The number of methoxy groups -OCH3 is 1. The Morgan fingerprint density at radius 1 is 1.34 bits per heavy atom. The summed E-state index contributed by atoms with van der Waals surface area (Å²) in [7, 11) is 1.58. The fourth-order valence-corrected chi connectivity index (χ4v) is 4.15. The maximum Gasteiger partial charge on any atom is 0.255 e. The molecule has 2 aliphatic rings. The number of likely N-dealkylation sites (tertiary alicyclic amines) is 2. The molecule has 1 unspecified atom stereocenters. The highest BCUT2D eigenvalue weighted by Gasteiger charge is 2.32. The molecule has 2 atom stereocenters. The van der Waals surface area contributed by atoms with Crippen molar-refractivity contribution in [1.82, 2.24) is 15.1 Å². The number of amides is 2. The van der Waals surface area contributed by atoms with Crippen LogP contribution in [0.3, 0.4) is 0 Å². The average Bonchev–Trinajstić information content (AvgIpc) is 3.46. The van der Waals surface area contributed by atoms with Gasteiger partial charge in [-0.05, 0) is 37.5 Å². The van der Waals surface area contributed by atoms with E-state index in [0.717, 1.165) is 25.8 Å². The number of carbonyl (C=O) groups is 2. The third-order valence-electron chi connectivity index (χ3n) is 5.71. The summed E-state index contributed by atoms with van der Waals surface area (Å²) in [5, 5.41) is 12.9. The van der Waals surface area contributed by atoms with Crippen LogP contribution in [0.15, 0.2) is 28.9 Å². The lowest BCUT2D eigenvalue weighted by Gasteiger charge is -2.23. The largest absolute Gasteiger partial charge is 0.497 e. The van der Waals surface area contributed by atoms with Crippen LogP contribution in [-0.4, -0.2) is 67.0 Å². The Balaban J connectivity index is 1.35. The molecule has 0 radical (unpaired) electrons. The van der Waals surface area contributed by atoms with Gasteiger partial charge in [0.15, 0.2) is 0 Å². The van der Waals surface area contributed by atoms with Crippen LogP contribution in [0.5, 0.6) is 5.75 Å². The number of hydrogen-bond donors (Lipinski definition) is 1. The normalized spacial score (nSPS) is 22.0. The van der Waals surface area contributed by atoms with Gasteiger partial charge in [0.2, 0.25) is 5.91 Å². The van der Waals surface area contributed by atoms with Crippen LogP contribution in [0.1, 0.15) is 29.6 Å². The highest BCUT2D eigenvalue weighted by Crippen LogP contribution is 2.26. The molecule has 29 heavy (non-hydrogen) atoms. The first-order valence-corrected chi connectivity index (χ1v) is 9.86. The molecule has 0 spiro atoms. The smallest absolute Gasteiger partial charge is 0.255 e. The number of ether oxygens (including phenoxy) is 1. The number of benzene rings is 1. The third kappa shape index (κ3) is 3.91. The standard InChI is InChI=1S/C21H24N4O4/c1-28-16-4-5-19-17(9-16)18(13-29-19)21(27)23-14-6-8-24(11-14)12-20(26)25-7-2-3-15(25)10-22/h4-5,9,13-15H,2-3,6-8,11-12H2,1H3,(H,23,27)/t14-,15?/m0/s1. The van der Waals surface area contributed by atoms with E-state index in [9.17, 15) is 9.59 Å². The van der Waals surface area contributed by atoms with Crippen LogP contribution in [-0.2, 0) is 4.79 Å². The van der Waals surface area contributed by atoms with Crippen molar-refractivity contribution in [2.75, 3.05) is 33.3 Å². The molecular weight excluding hydrogens is 372 g/mol. The van der Waals surface area contributed by atoms with Gasteiger partial charge >= 0.3 is 0 Å². The van der Waals surface area contributed by atoms with Crippen molar-refractivity contribution in [3.05, 3.63) is 30.0 Å². The van der Waals surface area contributed by atoms with Gasteiger partial charge in [0.25, 0.3) is 5.91 Å². The second-order valence-electron chi connectivity index (χ2n) is 7.58. The van der Waals surface area contributed by atoms with E-state index in [0.29, 0.717) is 35.4 Å². The molecule has 4 rings (SSSR count). The lowest BCUT2D eigenvalue weighted by atomic mass is 10.1. The predicted octanol–water partition coefficient (Wildman–Crippen LogP) is 1.76. The molecule has 8 nitrogen and oxygen atoms in total. The minimum atomic E-state index is -0.299. The van der Waals surface area contributed by atoms with E-state index < -0.39 is 0 Å². The fraction of sp³-hybridized carbons (Fsp3) is 0.476. The fourth-order valence-electron chi connectivity index (χ4n) is 4.15. The van der Waals surface area contributed by atoms with E-state index in [1.807, 2.05) is 4.90 Å². The first-order valence-electron chi connectivity index (χ1n) is 9.86. The minimum absolute atomic E-state index is 0.00560. The monoisotopic (exact) mass is 396 g/mol. The van der Waals surface area contributed by atoms with E-state index in [1.165, 1.54) is 6.26 Å². The second-order valence-corrected chi connectivity index (χ2v) is 7.58. The molecule has 2 aromatic rings. The molecule has 2 amide bonds. The van der Waals surface area contributed by atoms with E-state index in [1.54, 1.807) is 30.2 Å². The van der Waals surface area contributed by atoms with Crippen molar-refractivity contribution in [2.45, 2.75) is 31.3 Å². The van der Waals surface area contributed by atoms with Gasteiger partial charge in [-0.15, -0.1) is 0 Å². The third-order valence-corrected chi connectivity index (χ3v) is 5.71. The summed E-state index contributed by atoms with van der Waals surface area (Å²) in [5.74, 6) is 0.462. The Kier molecular flexibility index (Phi) is 5.41. The molecule has 1 N–H and O–H groups in total. The quantitative estimate of drug-likeness (QED) is 0.827.